The third-order valence-electron chi connectivity index (χ3n) is 3.39. The van der Waals surface area contributed by atoms with Gasteiger partial charge in [0.05, 0.1) is 6.61 Å². The monoisotopic (exact) mass is 357 g/mol. The highest BCUT2D eigenvalue weighted by atomic mass is 16.5. The van der Waals surface area contributed by atoms with E-state index in [1.807, 2.05) is 12.1 Å². The van der Waals surface area contributed by atoms with Crippen molar-refractivity contribution in [3.63, 3.8) is 0 Å². The number of carbonyl (C=O) groups excluding carboxylic acids is 1. The summed E-state index contributed by atoms with van der Waals surface area (Å²) in [7, 11) is 0. The molecule has 26 heavy (non-hydrogen) atoms. The molecule has 2 rings (SSSR count). The van der Waals surface area contributed by atoms with Crippen molar-refractivity contribution >= 4 is 11.9 Å². The molecule has 6 heteroatoms. The zero-order valence-electron chi connectivity index (χ0n) is 14.9. The minimum absolute atomic E-state index is 0.211. The van der Waals surface area contributed by atoms with Crippen molar-refractivity contribution in [2.45, 2.75) is 20.4 Å². The van der Waals surface area contributed by atoms with Gasteiger partial charge in [-0.25, -0.2) is 4.79 Å². The lowest BCUT2D eigenvalue weighted by Crippen LogP contribution is -2.22. The summed E-state index contributed by atoms with van der Waals surface area (Å²) in [6.45, 7) is 4.61. The summed E-state index contributed by atoms with van der Waals surface area (Å²) >= 11 is 0. The summed E-state index contributed by atoms with van der Waals surface area (Å²) in [4.78, 5) is 22.9. The topological polar surface area (TPSA) is 84.9 Å². The van der Waals surface area contributed by atoms with Crippen LogP contribution in [0.15, 0.2) is 48.5 Å². The zero-order chi connectivity index (χ0) is 18.9. The van der Waals surface area contributed by atoms with Crippen molar-refractivity contribution in [1.29, 1.82) is 0 Å². The highest BCUT2D eigenvalue weighted by Gasteiger charge is 2.08. The zero-order valence-corrected chi connectivity index (χ0v) is 14.9. The second-order valence-electron chi connectivity index (χ2n) is 6.25. The highest BCUT2D eigenvalue weighted by Crippen LogP contribution is 2.16. The summed E-state index contributed by atoms with van der Waals surface area (Å²) in [6, 6.07) is 14.0. The van der Waals surface area contributed by atoms with Crippen LogP contribution in [0.2, 0.25) is 0 Å². The molecule has 6 nitrogen and oxygen atoms in total. The van der Waals surface area contributed by atoms with Gasteiger partial charge in [-0.15, -0.1) is 0 Å². The van der Waals surface area contributed by atoms with Gasteiger partial charge in [0.1, 0.15) is 11.5 Å². The Morgan fingerprint density at radius 1 is 1.04 bits per heavy atom. The minimum atomic E-state index is -1.04. The summed E-state index contributed by atoms with van der Waals surface area (Å²) < 4.78 is 10.8. The molecule has 2 aromatic rings. The third kappa shape index (κ3) is 6.47. The standard InChI is InChI=1S/C20H23NO5/c1-14(2)12-25-18-8-4-6-16(10-18)20(24)21-11-15-5-3-7-17(9-15)26-13-19(22)23/h3-10,14H,11-13H2,1-2H3,(H,21,24)(H,22,23). The van der Waals surface area contributed by atoms with E-state index >= 15 is 0 Å². The second-order valence-corrected chi connectivity index (χ2v) is 6.25. The molecule has 0 bridgehead atoms. The number of carboxylic acid groups (broad SMARTS) is 1. The number of amides is 1. The van der Waals surface area contributed by atoms with Crippen molar-refractivity contribution in [1.82, 2.24) is 5.32 Å². The van der Waals surface area contributed by atoms with Crippen molar-refractivity contribution in [3.8, 4) is 11.5 Å². The molecule has 0 aromatic heterocycles. The van der Waals surface area contributed by atoms with Crippen LogP contribution in [0.25, 0.3) is 0 Å². The molecule has 0 spiro atoms. The lowest BCUT2D eigenvalue weighted by Gasteiger charge is -2.11. The molecule has 1 amide bonds. The number of nitrogens with one attached hydrogen (secondary N) is 1. The maximum atomic E-state index is 12.3. The first-order chi connectivity index (χ1) is 12.4. The lowest BCUT2D eigenvalue weighted by molar-refractivity contribution is -0.139. The number of benzene rings is 2. The molecule has 0 heterocycles. The van der Waals surface area contributed by atoms with E-state index in [1.54, 1.807) is 36.4 Å². The predicted octanol–water partition coefficient (Wildman–Crippen LogP) is 3.11. The number of rotatable bonds is 9. The molecule has 0 aliphatic carbocycles. The number of hydrogen-bond acceptors (Lipinski definition) is 4. The molecular weight excluding hydrogens is 334 g/mol. The van der Waals surface area contributed by atoms with Gasteiger partial charge in [0.2, 0.25) is 0 Å². The Bertz CT molecular complexity index is 757. The maximum Gasteiger partial charge on any atom is 0.341 e. The Labute approximate surface area is 152 Å². The number of aliphatic carboxylic acids is 1. The van der Waals surface area contributed by atoms with Gasteiger partial charge in [-0.1, -0.05) is 32.0 Å². The van der Waals surface area contributed by atoms with Crippen molar-refractivity contribution in [2.75, 3.05) is 13.2 Å². The van der Waals surface area contributed by atoms with E-state index in [2.05, 4.69) is 19.2 Å². The fourth-order valence-electron chi connectivity index (χ4n) is 2.16. The fraction of sp³-hybridized carbons (Fsp3) is 0.300. The molecule has 0 atom stereocenters. The maximum absolute atomic E-state index is 12.3. The minimum Gasteiger partial charge on any atom is -0.493 e. The van der Waals surface area contributed by atoms with E-state index in [1.165, 1.54) is 0 Å². The average Bonchev–Trinajstić information content (AvgIpc) is 2.63. The van der Waals surface area contributed by atoms with Gasteiger partial charge < -0.3 is 19.9 Å². The van der Waals surface area contributed by atoms with Crippen LogP contribution in [-0.2, 0) is 11.3 Å². The van der Waals surface area contributed by atoms with Crippen LogP contribution in [0.3, 0.4) is 0 Å². The Morgan fingerprint density at radius 2 is 1.73 bits per heavy atom. The molecule has 0 saturated heterocycles. The van der Waals surface area contributed by atoms with Gasteiger partial charge in [-0.05, 0) is 41.8 Å². The Kier molecular flexibility index (Phi) is 7.02. The average molecular weight is 357 g/mol. The lowest BCUT2D eigenvalue weighted by atomic mass is 10.1. The van der Waals surface area contributed by atoms with E-state index < -0.39 is 12.6 Å². The van der Waals surface area contributed by atoms with E-state index in [9.17, 15) is 9.59 Å². The first-order valence-corrected chi connectivity index (χ1v) is 8.38. The quantitative estimate of drug-likeness (QED) is 0.720. The van der Waals surface area contributed by atoms with Crippen molar-refractivity contribution < 1.29 is 24.2 Å². The fourth-order valence-corrected chi connectivity index (χ4v) is 2.16. The van der Waals surface area contributed by atoms with Crippen LogP contribution in [0, 0.1) is 5.92 Å². The Morgan fingerprint density at radius 3 is 2.42 bits per heavy atom. The highest BCUT2D eigenvalue weighted by molar-refractivity contribution is 5.94. The van der Waals surface area contributed by atoms with Gasteiger partial charge in [0.15, 0.2) is 6.61 Å². The summed E-state index contributed by atoms with van der Waals surface area (Å²) in [5.74, 6) is 0.266. The summed E-state index contributed by atoms with van der Waals surface area (Å²) in [5.41, 5.74) is 1.33. The molecule has 0 unspecified atom stereocenters. The first kappa shape index (κ1) is 19.3. The Balaban J connectivity index is 1.93. The predicted molar refractivity (Wildman–Crippen MR) is 97.5 cm³/mol. The number of carbonyl (C=O) groups is 2. The molecule has 0 saturated carbocycles. The smallest absolute Gasteiger partial charge is 0.341 e. The van der Waals surface area contributed by atoms with Gasteiger partial charge in [0.25, 0.3) is 5.91 Å². The van der Waals surface area contributed by atoms with Crippen LogP contribution >= 0.6 is 0 Å². The van der Waals surface area contributed by atoms with Crippen molar-refractivity contribution in [2.24, 2.45) is 5.92 Å². The molecule has 0 aliphatic heterocycles. The molecular formula is C20H23NO5. The SMILES string of the molecule is CC(C)COc1cccc(C(=O)NCc2cccc(OCC(=O)O)c2)c1. The van der Waals surface area contributed by atoms with Gasteiger partial charge in [0, 0.05) is 12.1 Å². The summed E-state index contributed by atoms with van der Waals surface area (Å²) in [6.07, 6.45) is 0. The van der Waals surface area contributed by atoms with Crippen molar-refractivity contribution in [3.05, 3.63) is 59.7 Å². The molecule has 2 aromatic carbocycles. The number of ether oxygens (including phenoxy) is 2. The molecule has 2 N–H and O–H groups in total. The van der Waals surface area contributed by atoms with Gasteiger partial charge >= 0.3 is 5.97 Å². The van der Waals surface area contributed by atoms with Crippen LogP contribution in [0.1, 0.15) is 29.8 Å². The summed E-state index contributed by atoms with van der Waals surface area (Å²) in [5, 5.41) is 11.5. The van der Waals surface area contributed by atoms with Crippen LogP contribution in [-0.4, -0.2) is 30.2 Å². The van der Waals surface area contributed by atoms with Crippen LogP contribution in [0.5, 0.6) is 11.5 Å². The van der Waals surface area contributed by atoms with Gasteiger partial charge in [-0.2, -0.15) is 0 Å². The number of carboxylic acids is 1. The second kappa shape index (κ2) is 9.46. The molecule has 0 aliphatic rings. The number of hydrogen-bond donors (Lipinski definition) is 2. The van der Waals surface area contributed by atoms with E-state index in [0.29, 0.717) is 36.1 Å². The van der Waals surface area contributed by atoms with E-state index in [0.717, 1.165) is 5.56 Å². The van der Waals surface area contributed by atoms with E-state index in [4.69, 9.17) is 14.6 Å². The van der Waals surface area contributed by atoms with Gasteiger partial charge in [-0.3, -0.25) is 4.79 Å². The largest absolute Gasteiger partial charge is 0.493 e. The molecule has 0 radical (unpaired) electrons. The normalized spacial score (nSPS) is 10.4. The first-order valence-electron chi connectivity index (χ1n) is 8.38. The van der Waals surface area contributed by atoms with E-state index in [-0.39, 0.29) is 5.91 Å². The molecule has 0 fully saturated rings. The van der Waals surface area contributed by atoms with Crippen LogP contribution in [0.4, 0.5) is 0 Å². The molecule has 138 valence electrons. The Hall–Kier alpha value is -3.02. The third-order valence-corrected chi connectivity index (χ3v) is 3.39. The van der Waals surface area contributed by atoms with Crippen LogP contribution < -0.4 is 14.8 Å².